The molecular formula is C12H16O2S2. The molecule has 0 saturated heterocycles. The van der Waals surface area contributed by atoms with Crippen LogP contribution in [0.1, 0.15) is 30.1 Å². The molecule has 0 spiro atoms. The lowest BCUT2D eigenvalue weighted by molar-refractivity contribution is 0.0808. The van der Waals surface area contributed by atoms with E-state index in [1.807, 2.05) is 23.2 Å². The van der Waals surface area contributed by atoms with Crippen LogP contribution in [0.3, 0.4) is 0 Å². The van der Waals surface area contributed by atoms with Gasteiger partial charge in [0.15, 0.2) is 5.78 Å². The van der Waals surface area contributed by atoms with E-state index in [2.05, 4.69) is 6.92 Å². The molecule has 4 heteroatoms. The number of carbonyl (C=O) groups is 1. The first-order valence-corrected chi connectivity index (χ1v) is 7.28. The van der Waals surface area contributed by atoms with Crippen LogP contribution in [0.15, 0.2) is 15.7 Å². The van der Waals surface area contributed by atoms with Gasteiger partial charge in [-0.15, -0.1) is 23.1 Å². The van der Waals surface area contributed by atoms with E-state index in [0.717, 1.165) is 30.8 Å². The molecule has 0 bridgehead atoms. The summed E-state index contributed by atoms with van der Waals surface area (Å²) in [5.74, 6) is 1.22. The summed E-state index contributed by atoms with van der Waals surface area (Å²) in [7, 11) is 1.71. The highest BCUT2D eigenvalue weighted by molar-refractivity contribution is 8.01. The predicted octanol–water partition coefficient (Wildman–Crippen LogP) is 3.47. The SMILES string of the molecule is COCCCC1(C)CSc2sccc2C1=O. The number of carbonyl (C=O) groups excluding carboxylic acids is 1. The van der Waals surface area contributed by atoms with Crippen LogP contribution in [0.25, 0.3) is 0 Å². The fourth-order valence-electron chi connectivity index (χ4n) is 1.98. The Morgan fingerprint density at radius 2 is 2.38 bits per heavy atom. The lowest BCUT2D eigenvalue weighted by Crippen LogP contribution is -2.33. The number of hydrogen-bond donors (Lipinski definition) is 0. The van der Waals surface area contributed by atoms with Gasteiger partial charge < -0.3 is 4.74 Å². The first-order valence-electron chi connectivity index (χ1n) is 5.41. The van der Waals surface area contributed by atoms with Gasteiger partial charge in [0.25, 0.3) is 0 Å². The van der Waals surface area contributed by atoms with Crippen LogP contribution in [0.2, 0.25) is 0 Å². The summed E-state index contributed by atoms with van der Waals surface area (Å²) < 4.78 is 6.24. The van der Waals surface area contributed by atoms with E-state index in [9.17, 15) is 4.79 Å². The minimum Gasteiger partial charge on any atom is -0.385 e. The van der Waals surface area contributed by atoms with E-state index in [4.69, 9.17) is 4.74 Å². The van der Waals surface area contributed by atoms with Gasteiger partial charge >= 0.3 is 0 Å². The number of rotatable bonds is 4. The standard InChI is InChI=1S/C12H16O2S2/c1-12(5-3-6-14-2)8-16-11-9(10(12)13)4-7-15-11/h4,7H,3,5-6,8H2,1-2H3. The third kappa shape index (κ3) is 2.19. The van der Waals surface area contributed by atoms with E-state index >= 15 is 0 Å². The van der Waals surface area contributed by atoms with Crippen molar-refractivity contribution in [1.82, 2.24) is 0 Å². The molecule has 0 aliphatic carbocycles. The summed E-state index contributed by atoms with van der Waals surface area (Å²) >= 11 is 3.50. The topological polar surface area (TPSA) is 26.3 Å². The monoisotopic (exact) mass is 256 g/mol. The second-order valence-electron chi connectivity index (χ2n) is 4.40. The molecule has 1 atom stereocenters. The van der Waals surface area contributed by atoms with Crippen LogP contribution >= 0.6 is 23.1 Å². The number of Topliss-reactive ketones (excluding diaryl/α,β-unsaturated/α-hetero) is 1. The number of ether oxygens (including phenoxy) is 1. The predicted molar refractivity (Wildman–Crippen MR) is 68.6 cm³/mol. The minimum atomic E-state index is -0.197. The van der Waals surface area contributed by atoms with E-state index in [1.54, 1.807) is 18.4 Å². The van der Waals surface area contributed by atoms with Crippen LogP contribution in [0.5, 0.6) is 0 Å². The van der Waals surface area contributed by atoms with Crippen LogP contribution in [0, 0.1) is 5.41 Å². The molecule has 2 nitrogen and oxygen atoms in total. The number of methoxy groups -OCH3 is 1. The van der Waals surface area contributed by atoms with E-state index < -0.39 is 0 Å². The molecule has 2 rings (SSSR count). The molecule has 0 fully saturated rings. The van der Waals surface area contributed by atoms with Crippen LogP contribution < -0.4 is 0 Å². The summed E-state index contributed by atoms with van der Waals surface area (Å²) in [6, 6.07) is 1.96. The van der Waals surface area contributed by atoms with E-state index in [-0.39, 0.29) is 5.41 Å². The number of ketones is 1. The van der Waals surface area contributed by atoms with Crippen LogP contribution in [0.4, 0.5) is 0 Å². The molecule has 1 aromatic rings. The van der Waals surface area contributed by atoms with E-state index in [0.29, 0.717) is 5.78 Å². The lowest BCUT2D eigenvalue weighted by atomic mass is 9.80. The molecule has 1 aromatic heterocycles. The van der Waals surface area contributed by atoms with Crippen molar-refractivity contribution in [3.05, 3.63) is 17.0 Å². The molecule has 0 aromatic carbocycles. The Bertz CT molecular complexity index is 386. The smallest absolute Gasteiger partial charge is 0.171 e. The van der Waals surface area contributed by atoms with Crippen molar-refractivity contribution in [2.75, 3.05) is 19.5 Å². The quantitative estimate of drug-likeness (QED) is 0.772. The average molecular weight is 256 g/mol. The second-order valence-corrected chi connectivity index (χ2v) is 6.56. The van der Waals surface area contributed by atoms with Crippen molar-refractivity contribution >= 4 is 28.9 Å². The van der Waals surface area contributed by atoms with Crippen molar-refractivity contribution in [2.45, 2.75) is 24.0 Å². The molecule has 16 heavy (non-hydrogen) atoms. The van der Waals surface area contributed by atoms with Crippen molar-refractivity contribution in [2.24, 2.45) is 5.41 Å². The molecule has 0 amide bonds. The van der Waals surface area contributed by atoms with Crippen molar-refractivity contribution in [3.8, 4) is 0 Å². The van der Waals surface area contributed by atoms with Gasteiger partial charge in [0.1, 0.15) is 0 Å². The Kier molecular flexibility index (Phi) is 3.72. The zero-order valence-electron chi connectivity index (χ0n) is 9.62. The van der Waals surface area contributed by atoms with Crippen LogP contribution in [-0.4, -0.2) is 25.3 Å². The van der Waals surface area contributed by atoms with Crippen LogP contribution in [-0.2, 0) is 4.74 Å². The molecule has 1 aliphatic heterocycles. The molecule has 1 unspecified atom stereocenters. The van der Waals surface area contributed by atoms with Gasteiger partial charge in [-0.05, 0) is 24.3 Å². The summed E-state index contributed by atoms with van der Waals surface area (Å²) in [6.07, 6.45) is 1.88. The van der Waals surface area contributed by atoms with Crippen molar-refractivity contribution < 1.29 is 9.53 Å². The van der Waals surface area contributed by atoms with Crippen molar-refractivity contribution in [1.29, 1.82) is 0 Å². The summed E-state index contributed by atoms with van der Waals surface area (Å²) in [5, 5.41) is 2.01. The van der Waals surface area contributed by atoms with Gasteiger partial charge in [0.2, 0.25) is 0 Å². The third-order valence-corrected chi connectivity index (χ3v) is 5.63. The summed E-state index contributed by atoms with van der Waals surface area (Å²) in [4.78, 5) is 12.3. The largest absolute Gasteiger partial charge is 0.385 e. The Morgan fingerprint density at radius 1 is 1.56 bits per heavy atom. The van der Waals surface area contributed by atoms with Gasteiger partial charge in [0.05, 0.1) is 4.21 Å². The number of fused-ring (bicyclic) bond motifs is 1. The molecule has 0 radical (unpaired) electrons. The highest BCUT2D eigenvalue weighted by Crippen LogP contribution is 2.44. The number of thioether (sulfide) groups is 1. The first kappa shape index (κ1) is 12.1. The lowest BCUT2D eigenvalue weighted by Gasteiger charge is -2.31. The van der Waals surface area contributed by atoms with Gasteiger partial charge in [-0.25, -0.2) is 0 Å². The Morgan fingerprint density at radius 3 is 3.12 bits per heavy atom. The minimum absolute atomic E-state index is 0.197. The van der Waals surface area contributed by atoms with Gasteiger partial charge in [-0.3, -0.25) is 4.79 Å². The summed E-state index contributed by atoms with van der Waals surface area (Å²) in [6.45, 7) is 2.82. The average Bonchev–Trinajstić information content (AvgIpc) is 2.73. The molecule has 88 valence electrons. The van der Waals surface area contributed by atoms with Gasteiger partial charge in [0, 0.05) is 30.4 Å². The summed E-state index contributed by atoms with van der Waals surface area (Å²) in [5.41, 5.74) is 0.734. The Hall–Kier alpha value is -0.320. The Labute approximate surface area is 104 Å². The van der Waals surface area contributed by atoms with Crippen molar-refractivity contribution in [3.63, 3.8) is 0 Å². The third-order valence-electron chi connectivity index (χ3n) is 3.02. The fourth-order valence-corrected chi connectivity index (χ4v) is 4.26. The molecule has 2 heterocycles. The number of thiophene rings is 1. The maximum atomic E-state index is 12.3. The first-order chi connectivity index (χ1) is 7.67. The van der Waals surface area contributed by atoms with Gasteiger partial charge in [-0.2, -0.15) is 0 Å². The Balaban J connectivity index is 2.10. The second kappa shape index (κ2) is 4.90. The zero-order valence-corrected chi connectivity index (χ0v) is 11.2. The highest BCUT2D eigenvalue weighted by atomic mass is 32.2. The fraction of sp³-hybridized carbons (Fsp3) is 0.583. The molecule has 1 aliphatic rings. The van der Waals surface area contributed by atoms with Gasteiger partial charge in [-0.1, -0.05) is 6.92 Å². The van der Waals surface area contributed by atoms with E-state index in [1.165, 1.54) is 4.21 Å². The molecule has 0 N–H and O–H groups in total. The highest BCUT2D eigenvalue weighted by Gasteiger charge is 2.38. The normalized spacial score (nSPS) is 24.5. The molecule has 0 saturated carbocycles. The maximum Gasteiger partial charge on any atom is 0.171 e. The number of hydrogen-bond acceptors (Lipinski definition) is 4. The zero-order chi connectivity index (χ0) is 11.6. The molecular weight excluding hydrogens is 240 g/mol. The maximum absolute atomic E-state index is 12.3.